The second-order valence-corrected chi connectivity index (χ2v) is 5.10. The van der Waals surface area contributed by atoms with Crippen LogP contribution in [0.3, 0.4) is 0 Å². The molecule has 0 aromatic carbocycles. The number of allylic oxidation sites excluding steroid dienone is 1. The SMILES string of the molecule is C/C=C1\N(C)C(CCCC)=NC12CCCC2. The van der Waals surface area contributed by atoms with Crippen molar-refractivity contribution in [2.75, 3.05) is 7.05 Å². The Hall–Kier alpha value is -0.790. The van der Waals surface area contributed by atoms with E-state index in [0.29, 0.717) is 0 Å². The van der Waals surface area contributed by atoms with Gasteiger partial charge in [0.1, 0.15) is 11.4 Å². The lowest BCUT2D eigenvalue weighted by Crippen LogP contribution is -2.28. The first-order valence-corrected chi connectivity index (χ1v) is 6.73. The number of likely N-dealkylation sites (N-methyl/N-ethyl adjacent to an activating group) is 1. The predicted octanol–water partition coefficient (Wildman–Crippen LogP) is 3.74. The van der Waals surface area contributed by atoms with E-state index in [4.69, 9.17) is 4.99 Å². The first-order chi connectivity index (χ1) is 7.73. The Morgan fingerprint density at radius 2 is 2.06 bits per heavy atom. The minimum absolute atomic E-state index is 0.173. The highest BCUT2D eigenvalue weighted by Gasteiger charge is 2.43. The standard InChI is InChI=1S/C14H24N2/c1-4-6-9-13-15-14(10-7-8-11-14)12(5-2)16(13)3/h5H,4,6-11H2,1-3H3/b12-5-. The smallest absolute Gasteiger partial charge is 0.104 e. The normalized spacial score (nSPS) is 25.8. The summed E-state index contributed by atoms with van der Waals surface area (Å²) in [4.78, 5) is 7.41. The molecule has 0 aromatic heterocycles. The fourth-order valence-corrected chi connectivity index (χ4v) is 3.18. The molecule has 0 radical (unpaired) electrons. The van der Waals surface area contributed by atoms with E-state index < -0.39 is 0 Å². The molecule has 0 unspecified atom stereocenters. The van der Waals surface area contributed by atoms with E-state index in [1.165, 1.54) is 50.1 Å². The van der Waals surface area contributed by atoms with Crippen LogP contribution in [0.2, 0.25) is 0 Å². The topological polar surface area (TPSA) is 15.6 Å². The Balaban J connectivity index is 2.21. The summed E-state index contributed by atoms with van der Waals surface area (Å²) < 4.78 is 0. The van der Waals surface area contributed by atoms with Gasteiger partial charge in [0, 0.05) is 19.2 Å². The van der Waals surface area contributed by atoms with E-state index in [-0.39, 0.29) is 5.54 Å². The van der Waals surface area contributed by atoms with Gasteiger partial charge in [-0.05, 0) is 26.2 Å². The molecule has 2 nitrogen and oxygen atoms in total. The Kier molecular flexibility index (Phi) is 3.36. The predicted molar refractivity (Wildman–Crippen MR) is 69.7 cm³/mol. The first-order valence-electron chi connectivity index (χ1n) is 6.73. The largest absolute Gasteiger partial charge is 0.335 e. The van der Waals surface area contributed by atoms with Gasteiger partial charge in [-0.1, -0.05) is 32.3 Å². The molecule has 0 amide bonds. The van der Waals surface area contributed by atoms with Gasteiger partial charge in [-0.15, -0.1) is 0 Å². The molecule has 0 aromatic rings. The molecule has 0 saturated heterocycles. The van der Waals surface area contributed by atoms with Crippen molar-refractivity contribution in [3.05, 3.63) is 11.8 Å². The van der Waals surface area contributed by atoms with Crippen molar-refractivity contribution in [1.82, 2.24) is 4.90 Å². The summed E-state index contributed by atoms with van der Waals surface area (Å²) in [6.45, 7) is 4.40. The van der Waals surface area contributed by atoms with Crippen LogP contribution in [0.15, 0.2) is 16.8 Å². The van der Waals surface area contributed by atoms with Crippen LogP contribution in [0.5, 0.6) is 0 Å². The third-order valence-corrected chi connectivity index (χ3v) is 4.03. The van der Waals surface area contributed by atoms with Gasteiger partial charge in [0.15, 0.2) is 0 Å². The van der Waals surface area contributed by atoms with Crippen LogP contribution >= 0.6 is 0 Å². The maximum absolute atomic E-state index is 5.06. The molecule has 1 spiro atoms. The van der Waals surface area contributed by atoms with Crippen LogP contribution in [0.25, 0.3) is 0 Å². The fraction of sp³-hybridized carbons (Fsp3) is 0.786. The minimum atomic E-state index is 0.173. The maximum Gasteiger partial charge on any atom is 0.104 e. The molecule has 1 aliphatic heterocycles. The van der Waals surface area contributed by atoms with Crippen LogP contribution < -0.4 is 0 Å². The van der Waals surface area contributed by atoms with Crippen molar-refractivity contribution >= 4 is 5.84 Å². The molecule has 1 heterocycles. The lowest BCUT2D eigenvalue weighted by atomic mass is 9.94. The van der Waals surface area contributed by atoms with E-state index in [1.807, 2.05) is 0 Å². The number of hydrogen-bond donors (Lipinski definition) is 0. The van der Waals surface area contributed by atoms with Crippen LogP contribution in [0.4, 0.5) is 0 Å². The van der Waals surface area contributed by atoms with E-state index in [0.717, 1.165) is 6.42 Å². The molecule has 2 aliphatic rings. The molecule has 1 saturated carbocycles. The summed E-state index contributed by atoms with van der Waals surface area (Å²) in [6, 6.07) is 0. The molecule has 16 heavy (non-hydrogen) atoms. The Morgan fingerprint density at radius 3 is 2.62 bits per heavy atom. The van der Waals surface area contributed by atoms with E-state index in [9.17, 15) is 0 Å². The van der Waals surface area contributed by atoms with E-state index in [2.05, 4.69) is 31.9 Å². The minimum Gasteiger partial charge on any atom is -0.335 e. The number of unbranched alkanes of at least 4 members (excludes halogenated alkanes) is 1. The van der Waals surface area contributed by atoms with Crippen molar-refractivity contribution < 1.29 is 0 Å². The highest BCUT2D eigenvalue weighted by molar-refractivity contribution is 5.87. The second kappa shape index (κ2) is 4.60. The summed E-state index contributed by atoms with van der Waals surface area (Å²) in [7, 11) is 2.19. The average molecular weight is 220 g/mol. The van der Waals surface area contributed by atoms with Gasteiger partial charge in [0.2, 0.25) is 0 Å². The zero-order valence-electron chi connectivity index (χ0n) is 10.9. The summed E-state index contributed by atoms with van der Waals surface area (Å²) in [6.07, 6.45) is 11.1. The molecule has 0 N–H and O–H groups in total. The van der Waals surface area contributed by atoms with Crippen molar-refractivity contribution in [1.29, 1.82) is 0 Å². The molecule has 2 heteroatoms. The summed E-state index contributed by atoms with van der Waals surface area (Å²) in [5.41, 5.74) is 1.63. The van der Waals surface area contributed by atoms with Gasteiger partial charge in [-0.3, -0.25) is 4.99 Å². The Morgan fingerprint density at radius 1 is 1.38 bits per heavy atom. The summed E-state index contributed by atoms with van der Waals surface area (Å²) >= 11 is 0. The molecule has 1 aliphatic carbocycles. The lowest BCUT2D eigenvalue weighted by molar-refractivity contribution is 0.465. The van der Waals surface area contributed by atoms with Crippen LogP contribution in [-0.4, -0.2) is 23.3 Å². The van der Waals surface area contributed by atoms with E-state index >= 15 is 0 Å². The second-order valence-electron chi connectivity index (χ2n) is 5.10. The lowest BCUT2D eigenvalue weighted by Gasteiger charge is -2.25. The molecular weight excluding hydrogens is 196 g/mol. The fourth-order valence-electron chi connectivity index (χ4n) is 3.18. The van der Waals surface area contributed by atoms with Gasteiger partial charge in [0.05, 0.1) is 0 Å². The summed E-state index contributed by atoms with van der Waals surface area (Å²) in [5.74, 6) is 1.32. The van der Waals surface area contributed by atoms with Crippen molar-refractivity contribution in [3.8, 4) is 0 Å². The zero-order valence-corrected chi connectivity index (χ0v) is 10.9. The third kappa shape index (κ3) is 1.79. The molecule has 2 rings (SSSR count). The van der Waals surface area contributed by atoms with Crippen LogP contribution in [0.1, 0.15) is 58.8 Å². The van der Waals surface area contributed by atoms with Gasteiger partial charge in [-0.2, -0.15) is 0 Å². The quantitative estimate of drug-likeness (QED) is 0.707. The van der Waals surface area contributed by atoms with Gasteiger partial charge in [0.25, 0.3) is 0 Å². The third-order valence-electron chi connectivity index (χ3n) is 4.03. The van der Waals surface area contributed by atoms with Crippen LogP contribution in [0, 0.1) is 0 Å². The van der Waals surface area contributed by atoms with Crippen molar-refractivity contribution in [3.63, 3.8) is 0 Å². The number of amidine groups is 1. The van der Waals surface area contributed by atoms with Crippen molar-refractivity contribution in [2.24, 2.45) is 4.99 Å². The van der Waals surface area contributed by atoms with E-state index in [1.54, 1.807) is 0 Å². The van der Waals surface area contributed by atoms with Crippen molar-refractivity contribution in [2.45, 2.75) is 64.3 Å². The molecule has 0 bridgehead atoms. The zero-order chi connectivity index (χ0) is 11.6. The average Bonchev–Trinajstić information content (AvgIpc) is 2.83. The Bertz CT molecular complexity index is 309. The Labute approximate surface area is 99.4 Å². The number of nitrogens with zero attached hydrogens (tertiary/aromatic N) is 2. The number of hydrogen-bond acceptors (Lipinski definition) is 2. The first kappa shape index (κ1) is 11.7. The monoisotopic (exact) mass is 220 g/mol. The molecule has 0 atom stereocenters. The highest BCUT2D eigenvalue weighted by Crippen LogP contribution is 2.44. The van der Waals surface area contributed by atoms with Crippen LogP contribution in [-0.2, 0) is 0 Å². The number of aliphatic imine (C=N–C) groups is 1. The number of rotatable bonds is 3. The van der Waals surface area contributed by atoms with Gasteiger partial charge in [-0.25, -0.2) is 0 Å². The highest BCUT2D eigenvalue weighted by atomic mass is 15.3. The molecular formula is C14H24N2. The molecule has 90 valence electrons. The van der Waals surface area contributed by atoms with Gasteiger partial charge >= 0.3 is 0 Å². The molecule has 1 fully saturated rings. The maximum atomic E-state index is 5.06. The van der Waals surface area contributed by atoms with Gasteiger partial charge < -0.3 is 4.90 Å². The summed E-state index contributed by atoms with van der Waals surface area (Å²) in [5, 5.41) is 0.